The van der Waals surface area contributed by atoms with Gasteiger partial charge in [0.05, 0.1) is 11.0 Å². The van der Waals surface area contributed by atoms with Crippen LogP contribution in [0.25, 0.3) is 11.0 Å². The Morgan fingerprint density at radius 2 is 2.06 bits per heavy atom. The Morgan fingerprint density at radius 3 is 2.83 bits per heavy atom. The second kappa shape index (κ2) is 6.52. The van der Waals surface area contributed by atoms with Crippen molar-refractivity contribution in [3.63, 3.8) is 0 Å². The van der Waals surface area contributed by atoms with Gasteiger partial charge in [0.15, 0.2) is 0 Å². The normalized spacial score (nSPS) is 11.5. The van der Waals surface area contributed by atoms with Gasteiger partial charge in [0.2, 0.25) is 0 Å². The van der Waals surface area contributed by atoms with Gasteiger partial charge in [0.25, 0.3) is 0 Å². The Balaban J connectivity index is 1.70. The van der Waals surface area contributed by atoms with Crippen molar-refractivity contribution < 1.29 is 0 Å². The SMILES string of the molecule is CN(C)CCCNCCc1nc2ccccc2[nH]1. The van der Waals surface area contributed by atoms with Crippen molar-refractivity contribution in [2.75, 3.05) is 33.7 Å². The van der Waals surface area contributed by atoms with Crippen LogP contribution in [0.15, 0.2) is 24.3 Å². The molecule has 1 aromatic heterocycles. The van der Waals surface area contributed by atoms with Gasteiger partial charge in [0, 0.05) is 13.0 Å². The summed E-state index contributed by atoms with van der Waals surface area (Å²) < 4.78 is 0. The topological polar surface area (TPSA) is 44.0 Å². The smallest absolute Gasteiger partial charge is 0.108 e. The first kappa shape index (κ1) is 13.1. The molecule has 2 N–H and O–H groups in total. The van der Waals surface area contributed by atoms with Gasteiger partial charge in [0.1, 0.15) is 5.82 Å². The average molecular weight is 246 g/mol. The Morgan fingerprint density at radius 1 is 1.22 bits per heavy atom. The number of nitrogens with zero attached hydrogens (tertiary/aromatic N) is 2. The van der Waals surface area contributed by atoms with Crippen LogP contribution < -0.4 is 5.32 Å². The van der Waals surface area contributed by atoms with Gasteiger partial charge < -0.3 is 15.2 Å². The maximum Gasteiger partial charge on any atom is 0.108 e. The van der Waals surface area contributed by atoms with Crippen molar-refractivity contribution in [3.05, 3.63) is 30.1 Å². The summed E-state index contributed by atoms with van der Waals surface area (Å²) in [5, 5.41) is 3.45. The van der Waals surface area contributed by atoms with Crippen LogP contribution in [-0.4, -0.2) is 48.6 Å². The third-order valence-corrected chi connectivity index (χ3v) is 2.94. The monoisotopic (exact) mass is 246 g/mol. The maximum atomic E-state index is 4.55. The first-order chi connectivity index (χ1) is 8.75. The minimum Gasteiger partial charge on any atom is -0.342 e. The van der Waals surface area contributed by atoms with Crippen molar-refractivity contribution in [2.24, 2.45) is 0 Å². The Labute approximate surface area is 108 Å². The van der Waals surface area contributed by atoms with E-state index >= 15 is 0 Å². The lowest BCUT2D eigenvalue weighted by Crippen LogP contribution is -2.23. The molecule has 0 aliphatic carbocycles. The molecule has 18 heavy (non-hydrogen) atoms. The largest absolute Gasteiger partial charge is 0.342 e. The molecule has 0 saturated heterocycles. The van der Waals surface area contributed by atoms with E-state index in [1.54, 1.807) is 0 Å². The molecule has 0 unspecified atom stereocenters. The van der Waals surface area contributed by atoms with E-state index in [0.29, 0.717) is 0 Å². The minimum absolute atomic E-state index is 0.955. The quantitative estimate of drug-likeness (QED) is 0.730. The molecule has 98 valence electrons. The van der Waals surface area contributed by atoms with Gasteiger partial charge in [-0.1, -0.05) is 12.1 Å². The van der Waals surface area contributed by atoms with E-state index in [-0.39, 0.29) is 0 Å². The molecule has 0 spiro atoms. The highest BCUT2D eigenvalue weighted by molar-refractivity contribution is 5.74. The van der Waals surface area contributed by atoms with E-state index in [1.807, 2.05) is 18.2 Å². The number of rotatable bonds is 7. The van der Waals surface area contributed by atoms with E-state index in [0.717, 1.165) is 42.9 Å². The van der Waals surface area contributed by atoms with Gasteiger partial charge in [-0.25, -0.2) is 4.98 Å². The molecule has 0 bridgehead atoms. The lowest BCUT2D eigenvalue weighted by Gasteiger charge is -2.09. The summed E-state index contributed by atoms with van der Waals surface area (Å²) in [5.41, 5.74) is 2.18. The van der Waals surface area contributed by atoms with Crippen LogP contribution in [0.5, 0.6) is 0 Å². The van der Waals surface area contributed by atoms with Gasteiger partial charge in [-0.05, 0) is 45.7 Å². The van der Waals surface area contributed by atoms with Crippen LogP contribution in [0, 0.1) is 0 Å². The molecule has 1 heterocycles. The zero-order chi connectivity index (χ0) is 12.8. The number of H-pyrrole nitrogens is 1. The summed E-state index contributed by atoms with van der Waals surface area (Å²) in [5.74, 6) is 1.07. The Hall–Kier alpha value is -1.39. The standard InChI is InChI=1S/C14H22N4/c1-18(2)11-5-9-15-10-8-14-16-12-6-3-4-7-13(12)17-14/h3-4,6-7,15H,5,8-11H2,1-2H3,(H,16,17). The number of fused-ring (bicyclic) bond motifs is 1. The summed E-state index contributed by atoms with van der Waals surface area (Å²) in [6.07, 6.45) is 2.14. The summed E-state index contributed by atoms with van der Waals surface area (Å²) >= 11 is 0. The number of aromatic nitrogens is 2. The molecule has 1 aromatic carbocycles. The molecule has 0 radical (unpaired) electrons. The molecular weight excluding hydrogens is 224 g/mol. The van der Waals surface area contributed by atoms with Crippen molar-refractivity contribution in [3.8, 4) is 0 Å². The number of imidazole rings is 1. The third-order valence-electron chi connectivity index (χ3n) is 2.94. The van der Waals surface area contributed by atoms with Crippen LogP contribution in [0.4, 0.5) is 0 Å². The first-order valence-electron chi connectivity index (χ1n) is 6.55. The second-order valence-corrected chi connectivity index (χ2v) is 4.86. The number of nitrogens with one attached hydrogen (secondary N) is 2. The Bertz CT molecular complexity index is 442. The summed E-state index contributed by atoms with van der Waals surface area (Å²) in [6.45, 7) is 3.18. The summed E-state index contributed by atoms with van der Waals surface area (Å²) in [6, 6.07) is 8.16. The van der Waals surface area contributed by atoms with Crippen LogP contribution in [0.1, 0.15) is 12.2 Å². The minimum atomic E-state index is 0.955. The van der Waals surface area contributed by atoms with E-state index in [4.69, 9.17) is 0 Å². The lowest BCUT2D eigenvalue weighted by atomic mass is 10.3. The molecule has 2 rings (SSSR count). The molecule has 0 atom stereocenters. The molecule has 0 aliphatic rings. The average Bonchev–Trinajstić information content (AvgIpc) is 2.75. The predicted molar refractivity (Wildman–Crippen MR) is 75.8 cm³/mol. The van der Waals surface area contributed by atoms with Crippen LogP contribution in [0.3, 0.4) is 0 Å². The van der Waals surface area contributed by atoms with Gasteiger partial charge in [-0.15, -0.1) is 0 Å². The Kier molecular flexibility index (Phi) is 4.73. The zero-order valence-electron chi connectivity index (χ0n) is 11.2. The van der Waals surface area contributed by atoms with E-state index < -0.39 is 0 Å². The predicted octanol–water partition coefficient (Wildman–Crippen LogP) is 1.65. The summed E-state index contributed by atoms with van der Waals surface area (Å²) in [4.78, 5) is 10.1. The van der Waals surface area contributed by atoms with Crippen LogP contribution in [0.2, 0.25) is 0 Å². The molecule has 4 nitrogen and oxygen atoms in total. The molecule has 0 aliphatic heterocycles. The zero-order valence-corrected chi connectivity index (χ0v) is 11.2. The number of benzene rings is 1. The van der Waals surface area contributed by atoms with E-state index in [2.05, 4.69) is 40.3 Å². The summed E-state index contributed by atoms with van der Waals surface area (Å²) in [7, 11) is 4.21. The highest BCUT2D eigenvalue weighted by Crippen LogP contribution is 2.10. The molecule has 0 saturated carbocycles. The number of hydrogen-bond donors (Lipinski definition) is 2. The number of aromatic amines is 1. The van der Waals surface area contributed by atoms with Gasteiger partial charge in [-0.2, -0.15) is 0 Å². The molecule has 0 amide bonds. The fourth-order valence-electron chi connectivity index (χ4n) is 1.98. The van der Waals surface area contributed by atoms with Crippen molar-refractivity contribution in [2.45, 2.75) is 12.8 Å². The molecule has 4 heteroatoms. The lowest BCUT2D eigenvalue weighted by molar-refractivity contribution is 0.395. The fourth-order valence-corrected chi connectivity index (χ4v) is 1.98. The van der Waals surface area contributed by atoms with Crippen molar-refractivity contribution in [1.29, 1.82) is 0 Å². The van der Waals surface area contributed by atoms with E-state index in [1.165, 1.54) is 6.42 Å². The van der Waals surface area contributed by atoms with Crippen LogP contribution >= 0.6 is 0 Å². The molecular formula is C14H22N4. The highest BCUT2D eigenvalue weighted by Gasteiger charge is 2.00. The number of para-hydroxylation sites is 2. The molecule has 0 fully saturated rings. The van der Waals surface area contributed by atoms with Gasteiger partial charge in [-0.3, -0.25) is 0 Å². The fraction of sp³-hybridized carbons (Fsp3) is 0.500. The maximum absolute atomic E-state index is 4.55. The van der Waals surface area contributed by atoms with Crippen LogP contribution in [-0.2, 0) is 6.42 Å². The van der Waals surface area contributed by atoms with Gasteiger partial charge >= 0.3 is 0 Å². The second-order valence-electron chi connectivity index (χ2n) is 4.86. The third kappa shape index (κ3) is 3.82. The highest BCUT2D eigenvalue weighted by atomic mass is 15.1. The van der Waals surface area contributed by atoms with Crippen molar-refractivity contribution >= 4 is 11.0 Å². The van der Waals surface area contributed by atoms with E-state index in [9.17, 15) is 0 Å². The number of hydrogen-bond acceptors (Lipinski definition) is 3. The first-order valence-corrected chi connectivity index (χ1v) is 6.55. The van der Waals surface area contributed by atoms with Crippen molar-refractivity contribution in [1.82, 2.24) is 20.2 Å². The molecule has 2 aromatic rings.